The van der Waals surface area contributed by atoms with E-state index in [2.05, 4.69) is 27.8 Å². The van der Waals surface area contributed by atoms with Gasteiger partial charge in [-0.2, -0.15) is 0 Å². The smallest absolute Gasteiger partial charge is 0.196 e. The first kappa shape index (κ1) is 15.6. The van der Waals surface area contributed by atoms with Crippen molar-refractivity contribution in [3.05, 3.63) is 30.2 Å². The Hall–Kier alpha value is -0.830. The number of oxazole rings is 1. The van der Waals surface area contributed by atoms with E-state index in [4.69, 9.17) is 4.42 Å². The second-order valence-corrected chi connectivity index (χ2v) is 6.73. The normalized spacial score (nSPS) is 12.9. The van der Waals surface area contributed by atoms with Crippen molar-refractivity contribution in [2.24, 2.45) is 0 Å². The lowest BCUT2D eigenvalue weighted by molar-refractivity contribution is 0.510. The minimum Gasteiger partial charge on any atom is -0.441 e. The molecule has 0 aliphatic rings. The molecule has 0 radical (unpaired) electrons. The van der Waals surface area contributed by atoms with E-state index in [0.717, 1.165) is 23.4 Å². The Balaban J connectivity index is 1.70. The van der Waals surface area contributed by atoms with Crippen molar-refractivity contribution in [1.29, 1.82) is 0 Å². The molecule has 0 spiro atoms. The fourth-order valence-electron chi connectivity index (χ4n) is 2.44. The Kier molecular flexibility index (Phi) is 6.58. The topological polar surface area (TPSA) is 26.0 Å². The van der Waals surface area contributed by atoms with Gasteiger partial charge >= 0.3 is 0 Å². The number of unbranched alkanes of at least 4 members (excludes halogenated alkanes) is 5. The van der Waals surface area contributed by atoms with E-state index in [9.17, 15) is 0 Å². The Bertz CT molecular complexity index is 475. The summed E-state index contributed by atoms with van der Waals surface area (Å²) in [5.41, 5.74) is 1.85. The molecule has 0 saturated heterocycles. The van der Waals surface area contributed by atoms with Crippen LogP contribution in [0, 0.1) is 0 Å². The van der Waals surface area contributed by atoms with Crippen LogP contribution in [0.2, 0.25) is 0 Å². The molecule has 110 valence electrons. The summed E-state index contributed by atoms with van der Waals surface area (Å²) in [5, 5.41) is 0. The van der Waals surface area contributed by atoms with Crippen LogP contribution in [-0.4, -0.2) is 9.81 Å². The van der Waals surface area contributed by atoms with Gasteiger partial charge in [0.1, 0.15) is 5.52 Å². The number of hydrogen-bond donors (Lipinski definition) is 0. The lowest BCUT2D eigenvalue weighted by Gasteiger charge is -2.06. The van der Waals surface area contributed by atoms with E-state index < -0.39 is 0 Å². The van der Waals surface area contributed by atoms with Crippen molar-refractivity contribution in [2.75, 3.05) is 0 Å². The number of aromatic nitrogens is 1. The molecule has 1 unspecified atom stereocenters. The van der Waals surface area contributed by atoms with Crippen molar-refractivity contribution in [1.82, 2.24) is 4.98 Å². The summed E-state index contributed by atoms with van der Waals surface area (Å²) in [6.07, 6.45) is 10.2. The quantitative estimate of drug-likeness (QED) is 0.421. The molecule has 2 nitrogen and oxygen atoms in total. The molecule has 1 aromatic heterocycles. The Morgan fingerprint density at radius 2 is 1.85 bits per heavy atom. The average Bonchev–Trinajstić information content (AvgIpc) is 2.84. The highest BCUT2D eigenvalue weighted by Gasteiger charge is 2.11. The average molecular weight is 338 g/mol. The van der Waals surface area contributed by atoms with Gasteiger partial charge in [-0.1, -0.05) is 73.5 Å². The summed E-state index contributed by atoms with van der Waals surface area (Å²) in [6.45, 7) is 2.26. The molecule has 1 aromatic carbocycles. The van der Waals surface area contributed by atoms with E-state index in [-0.39, 0.29) is 0 Å². The molecule has 20 heavy (non-hydrogen) atoms. The van der Waals surface area contributed by atoms with Crippen LogP contribution in [0.25, 0.3) is 11.1 Å². The molecule has 0 N–H and O–H groups in total. The summed E-state index contributed by atoms with van der Waals surface area (Å²) < 4.78 is 5.76. The lowest BCUT2D eigenvalue weighted by atomic mass is 10.1. The molecular weight excluding hydrogens is 314 g/mol. The van der Waals surface area contributed by atoms with Crippen LogP contribution < -0.4 is 0 Å². The largest absolute Gasteiger partial charge is 0.441 e. The van der Waals surface area contributed by atoms with Gasteiger partial charge < -0.3 is 4.42 Å². The second kappa shape index (κ2) is 8.46. The molecule has 0 aliphatic heterocycles. The molecule has 1 heterocycles. The molecule has 0 aliphatic carbocycles. The predicted molar refractivity (Wildman–Crippen MR) is 88.4 cm³/mol. The molecule has 3 heteroatoms. The minimum absolute atomic E-state index is 0.474. The van der Waals surface area contributed by atoms with Crippen molar-refractivity contribution in [3.8, 4) is 0 Å². The van der Waals surface area contributed by atoms with Gasteiger partial charge in [0.05, 0.1) is 0 Å². The van der Waals surface area contributed by atoms with E-state index in [1.165, 1.54) is 44.9 Å². The van der Waals surface area contributed by atoms with Gasteiger partial charge in [-0.05, 0) is 18.6 Å². The molecule has 0 fully saturated rings. The van der Waals surface area contributed by atoms with E-state index in [1.807, 2.05) is 24.3 Å². The monoisotopic (exact) mass is 337 g/mol. The van der Waals surface area contributed by atoms with E-state index in [1.54, 1.807) is 0 Å². The van der Waals surface area contributed by atoms with Crippen molar-refractivity contribution in [2.45, 2.75) is 63.1 Å². The number of fused-ring (bicyclic) bond motifs is 1. The summed E-state index contributed by atoms with van der Waals surface area (Å²) >= 11 is 3.75. The zero-order valence-corrected chi connectivity index (χ0v) is 13.9. The third kappa shape index (κ3) is 4.93. The third-order valence-corrected chi connectivity index (χ3v) is 4.39. The highest BCUT2D eigenvalue weighted by atomic mass is 79.9. The van der Waals surface area contributed by atoms with Crippen LogP contribution >= 0.6 is 15.9 Å². The lowest BCUT2D eigenvalue weighted by Crippen LogP contribution is -2.02. The van der Waals surface area contributed by atoms with Gasteiger partial charge in [-0.15, -0.1) is 0 Å². The number of halogens is 1. The Labute approximate surface area is 130 Å². The summed E-state index contributed by atoms with van der Waals surface area (Å²) in [5.74, 6) is 0.846. The third-order valence-electron chi connectivity index (χ3n) is 3.61. The first-order chi connectivity index (χ1) is 9.79. The fourth-order valence-corrected chi connectivity index (χ4v) is 3.05. The molecule has 0 saturated carbocycles. The Morgan fingerprint density at radius 3 is 2.65 bits per heavy atom. The number of alkyl halides is 1. The van der Waals surface area contributed by atoms with Gasteiger partial charge in [0.2, 0.25) is 0 Å². The fraction of sp³-hybridized carbons (Fsp3) is 0.588. The minimum atomic E-state index is 0.474. The number of hydrogen-bond acceptors (Lipinski definition) is 2. The first-order valence-corrected chi connectivity index (χ1v) is 8.69. The van der Waals surface area contributed by atoms with Crippen LogP contribution in [0.3, 0.4) is 0 Å². The first-order valence-electron chi connectivity index (χ1n) is 7.78. The highest BCUT2D eigenvalue weighted by molar-refractivity contribution is 9.09. The zero-order valence-electron chi connectivity index (χ0n) is 12.3. The second-order valence-electron chi connectivity index (χ2n) is 5.43. The van der Waals surface area contributed by atoms with Crippen LogP contribution in [0.1, 0.15) is 57.8 Å². The molecule has 0 amide bonds. The van der Waals surface area contributed by atoms with Crippen LogP contribution in [-0.2, 0) is 6.42 Å². The number of benzene rings is 1. The van der Waals surface area contributed by atoms with Gasteiger partial charge in [-0.25, -0.2) is 4.98 Å². The van der Waals surface area contributed by atoms with Crippen molar-refractivity contribution in [3.63, 3.8) is 0 Å². The maximum atomic E-state index is 5.76. The predicted octanol–water partition coefficient (Wildman–Crippen LogP) is 5.88. The van der Waals surface area contributed by atoms with E-state index >= 15 is 0 Å². The molecular formula is C17H24BrNO. The van der Waals surface area contributed by atoms with Gasteiger partial charge in [-0.3, -0.25) is 0 Å². The van der Waals surface area contributed by atoms with Gasteiger partial charge in [0.15, 0.2) is 11.5 Å². The molecule has 0 bridgehead atoms. The van der Waals surface area contributed by atoms with Crippen LogP contribution in [0.4, 0.5) is 0 Å². The summed E-state index contributed by atoms with van der Waals surface area (Å²) in [6, 6.07) is 7.96. The maximum Gasteiger partial charge on any atom is 0.196 e. The molecule has 2 aromatic rings. The van der Waals surface area contributed by atoms with E-state index in [0.29, 0.717) is 4.83 Å². The number of para-hydroxylation sites is 2. The Morgan fingerprint density at radius 1 is 1.10 bits per heavy atom. The molecule has 1 atom stereocenters. The van der Waals surface area contributed by atoms with Gasteiger partial charge in [0.25, 0.3) is 0 Å². The van der Waals surface area contributed by atoms with Crippen LogP contribution in [0.5, 0.6) is 0 Å². The van der Waals surface area contributed by atoms with Gasteiger partial charge in [0, 0.05) is 11.2 Å². The summed E-state index contributed by atoms with van der Waals surface area (Å²) in [7, 11) is 0. The standard InChI is InChI=1S/C17H24BrNO/c1-2-3-4-5-6-7-10-14(18)13-17-19-15-11-8-9-12-16(15)20-17/h8-9,11-12,14H,2-7,10,13H2,1H3. The zero-order chi connectivity index (χ0) is 14.2. The number of rotatable bonds is 9. The summed E-state index contributed by atoms with van der Waals surface area (Å²) in [4.78, 5) is 5.00. The van der Waals surface area contributed by atoms with Crippen molar-refractivity contribution < 1.29 is 4.42 Å². The van der Waals surface area contributed by atoms with Crippen molar-refractivity contribution >= 4 is 27.0 Å². The highest BCUT2D eigenvalue weighted by Crippen LogP contribution is 2.20. The molecule has 2 rings (SSSR count). The maximum absolute atomic E-state index is 5.76. The van der Waals surface area contributed by atoms with Crippen LogP contribution in [0.15, 0.2) is 28.7 Å². The number of nitrogens with zero attached hydrogens (tertiary/aromatic N) is 1. The SMILES string of the molecule is CCCCCCCCC(Br)Cc1nc2ccccc2o1.